The van der Waals surface area contributed by atoms with Crippen LogP contribution in [0.1, 0.15) is 0 Å². The Kier molecular flexibility index (Phi) is 6.18. The van der Waals surface area contributed by atoms with Gasteiger partial charge in [-0.05, 0) is 87.6 Å². The van der Waals surface area contributed by atoms with Crippen LogP contribution >= 0.6 is 0 Å². The lowest BCUT2D eigenvalue weighted by Gasteiger charge is -2.26. The zero-order valence-corrected chi connectivity index (χ0v) is 26.5. The molecule has 10 aromatic rings. The number of hydrogen-bond donors (Lipinski definition) is 0. The fourth-order valence-electron chi connectivity index (χ4n) is 7.38. The molecule has 0 radical (unpaired) electrons. The molecule has 3 nitrogen and oxygen atoms in total. The second-order valence-electron chi connectivity index (χ2n) is 12.5. The lowest BCUT2D eigenvalue weighted by molar-refractivity contribution is 0.663. The molecule has 0 N–H and O–H groups in total. The van der Waals surface area contributed by atoms with Crippen LogP contribution in [0.4, 0.5) is 17.1 Å². The third-order valence-electron chi connectivity index (χ3n) is 9.65. The number of fused-ring (bicyclic) bond motifs is 8. The Morgan fingerprint density at radius 2 is 1.00 bits per heavy atom. The summed E-state index contributed by atoms with van der Waals surface area (Å²) < 4.78 is 13.4. The maximum absolute atomic E-state index is 6.99. The maximum atomic E-state index is 6.99. The van der Waals surface area contributed by atoms with Gasteiger partial charge in [0.2, 0.25) is 0 Å². The minimum Gasteiger partial charge on any atom is -0.456 e. The zero-order valence-electron chi connectivity index (χ0n) is 26.5. The van der Waals surface area contributed by atoms with Crippen molar-refractivity contribution in [3.8, 4) is 22.3 Å². The summed E-state index contributed by atoms with van der Waals surface area (Å²) >= 11 is 0. The Morgan fingerprint density at radius 3 is 1.82 bits per heavy atom. The topological polar surface area (TPSA) is 29.5 Å². The van der Waals surface area contributed by atoms with Crippen molar-refractivity contribution in [2.75, 3.05) is 4.90 Å². The van der Waals surface area contributed by atoms with Crippen molar-refractivity contribution in [3.63, 3.8) is 0 Å². The number of anilines is 3. The summed E-state index contributed by atoms with van der Waals surface area (Å²) in [7, 11) is 0. The number of benzene rings is 8. The zero-order chi connectivity index (χ0) is 32.3. The third-order valence-corrected chi connectivity index (χ3v) is 9.65. The van der Waals surface area contributed by atoms with Crippen LogP contribution in [-0.4, -0.2) is 0 Å². The smallest absolute Gasteiger partial charge is 0.160 e. The molecule has 2 heterocycles. The van der Waals surface area contributed by atoms with Gasteiger partial charge in [-0.2, -0.15) is 0 Å². The van der Waals surface area contributed by atoms with Crippen LogP contribution in [-0.2, 0) is 0 Å². The molecule has 0 amide bonds. The summed E-state index contributed by atoms with van der Waals surface area (Å²) in [5.74, 6) is 0. The molecule has 0 saturated carbocycles. The van der Waals surface area contributed by atoms with Crippen LogP contribution in [0.5, 0.6) is 0 Å². The van der Waals surface area contributed by atoms with Gasteiger partial charge in [-0.1, -0.05) is 121 Å². The van der Waals surface area contributed by atoms with Crippen molar-refractivity contribution in [1.29, 1.82) is 0 Å². The standard InChI is InChI=1S/C46H29NO2/c1-3-11-30(12-4-1)32-21-23-36(24-22-32)47(35-15-5-2-6-16-35)39-26-25-37(34-20-19-31-13-7-8-14-33(31)29-34)44-45-42(49-46(39)44)28-27-41-43(45)38-17-9-10-18-40(38)48-41/h1-29H. The molecule has 0 aliphatic carbocycles. The highest BCUT2D eigenvalue weighted by molar-refractivity contribution is 6.29. The van der Waals surface area contributed by atoms with Crippen molar-refractivity contribution < 1.29 is 8.83 Å². The van der Waals surface area contributed by atoms with Crippen LogP contribution < -0.4 is 4.90 Å². The summed E-state index contributed by atoms with van der Waals surface area (Å²) in [6, 6.07) is 61.9. The highest BCUT2D eigenvalue weighted by atomic mass is 16.3. The van der Waals surface area contributed by atoms with E-state index in [0.29, 0.717) is 0 Å². The molecule has 0 bridgehead atoms. The van der Waals surface area contributed by atoms with Crippen LogP contribution in [0.25, 0.3) is 76.9 Å². The van der Waals surface area contributed by atoms with Crippen molar-refractivity contribution in [2.45, 2.75) is 0 Å². The molecular weight excluding hydrogens is 599 g/mol. The molecule has 3 heteroatoms. The Hall–Kier alpha value is -6.58. The van der Waals surface area contributed by atoms with E-state index in [0.717, 1.165) is 72.1 Å². The van der Waals surface area contributed by atoms with Gasteiger partial charge in [0.05, 0.1) is 5.69 Å². The Balaban J connectivity index is 1.28. The first kappa shape index (κ1) is 27.5. The Morgan fingerprint density at radius 1 is 0.367 bits per heavy atom. The molecular formula is C46H29NO2. The summed E-state index contributed by atoms with van der Waals surface area (Å²) in [4.78, 5) is 2.30. The summed E-state index contributed by atoms with van der Waals surface area (Å²) in [6.07, 6.45) is 0. The van der Waals surface area contributed by atoms with Gasteiger partial charge in [-0.3, -0.25) is 0 Å². The first-order chi connectivity index (χ1) is 24.3. The van der Waals surface area contributed by atoms with Crippen LogP contribution in [0.3, 0.4) is 0 Å². The van der Waals surface area contributed by atoms with Crippen molar-refractivity contribution in [3.05, 3.63) is 176 Å². The largest absolute Gasteiger partial charge is 0.456 e. The maximum Gasteiger partial charge on any atom is 0.160 e. The minimum atomic E-state index is 0.828. The van der Waals surface area contributed by atoms with Crippen molar-refractivity contribution >= 4 is 71.7 Å². The fourth-order valence-corrected chi connectivity index (χ4v) is 7.38. The minimum absolute atomic E-state index is 0.828. The van der Waals surface area contributed by atoms with Crippen molar-refractivity contribution in [1.82, 2.24) is 0 Å². The van der Waals surface area contributed by atoms with Gasteiger partial charge >= 0.3 is 0 Å². The quantitative estimate of drug-likeness (QED) is 0.190. The normalized spacial score (nSPS) is 11.7. The lowest BCUT2D eigenvalue weighted by Crippen LogP contribution is -2.10. The van der Waals surface area contributed by atoms with E-state index in [4.69, 9.17) is 8.83 Å². The summed E-state index contributed by atoms with van der Waals surface area (Å²) in [5, 5.41) is 6.71. The second kappa shape index (κ2) is 11.0. The summed E-state index contributed by atoms with van der Waals surface area (Å²) in [6.45, 7) is 0. The number of furan rings is 2. The van der Waals surface area contributed by atoms with Gasteiger partial charge < -0.3 is 13.7 Å². The predicted octanol–water partition coefficient (Wildman–Crippen LogP) is 13.4. The molecule has 0 unspecified atom stereocenters. The molecule has 8 aromatic carbocycles. The molecule has 0 saturated heterocycles. The Labute approximate surface area is 282 Å². The van der Waals surface area contributed by atoms with E-state index in [2.05, 4.69) is 163 Å². The van der Waals surface area contributed by atoms with Gasteiger partial charge in [-0.25, -0.2) is 0 Å². The fraction of sp³-hybridized carbons (Fsp3) is 0. The van der Waals surface area contributed by atoms with E-state index >= 15 is 0 Å². The average Bonchev–Trinajstić information content (AvgIpc) is 3.75. The van der Waals surface area contributed by atoms with Gasteiger partial charge in [0, 0.05) is 32.9 Å². The molecule has 0 aliphatic rings. The molecule has 0 atom stereocenters. The van der Waals surface area contributed by atoms with Gasteiger partial charge in [0.1, 0.15) is 16.7 Å². The number of hydrogen-bond acceptors (Lipinski definition) is 3. The first-order valence-electron chi connectivity index (χ1n) is 16.6. The van der Waals surface area contributed by atoms with E-state index in [1.807, 2.05) is 18.2 Å². The third kappa shape index (κ3) is 4.44. The molecule has 230 valence electrons. The SMILES string of the molecule is c1ccc(-c2ccc(N(c3ccccc3)c3ccc(-c4ccc5ccccc5c4)c4c3oc3ccc5oc6ccccc6c5c34)cc2)cc1. The second-order valence-corrected chi connectivity index (χ2v) is 12.5. The number of rotatable bonds is 5. The molecule has 0 fully saturated rings. The van der Waals surface area contributed by atoms with Gasteiger partial charge in [0.25, 0.3) is 0 Å². The molecule has 49 heavy (non-hydrogen) atoms. The van der Waals surface area contributed by atoms with E-state index in [1.54, 1.807) is 0 Å². The summed E-state index contributed by atoms with van der Waals surface area (Å²) in [5.41, 5.74) is 11.1. The van der Waals surface area contributed by atoms with Gasteiger partial charge in [0.15, 0.2) is 5.58 Å². The molecule has 0 spiro atoms. The first-order valence-corrected chi connectivity index (χ1v) is 16.6. The van der Waals surface area contributed by atoms with Crippen molar-refractivity contribution in [2.24, 2.45) is 0 Å². The molecule has 10 rings (SSSR count). The number of para-hydroxylation sites is 2. The average molecular weight is 628 g/mol. The predicted molar refractivity (Wildman–Crippen MR) is 204 cm³/mol. The molecule has 0 aliphatic heterocycles. The monoisotopic (exact) mass is 627 g/mol. The van der Waals surface area contributed by atoms with E-state index in [1.165, 1.54) is 21.9 Å². The van der Waals surface area contributed by atoms with Gasteiger partial charge in [-0.15, -0.1) is 0 Å². The van der Waals surface area contributed by atoms with E-state index in [-0.39, 0.29) is 0 Å². The lowest BCUT2D eigenvalue weighted by atomic mass is 9.94. The van der Waals surface area contributed by atoms with Crippen LogP contribution in [0.15, 0.2) is 185 Å². The van der Waals surface area contributed by atoms with E-state index < -0.39 is 0 Å². The number of nitrogens with zero attached hydrogens (tertiary/aromatic N) is 1. The Bertz CT molecular complexity index is 2810. The highest BCUT2D eigenvalue weighted by Crippen LogP contribution is 2.49. The highest BCUT2D eigenvalue weighted by Gasteiger charge is 2.25. The molecule has 2 aromatic heterocycles. The van der Waals surface area contributed by atoms with Crippen LogP contribution in [0.2, 0.25) is 0 Å². The van der Waals surface area contributed by atoms with E-state index in [9.17, 15) is 0 Å². The van der Waals surface area contributed by atoms with Crippen LogP contribution in [0, 0.1) is 0 Å².